The van der Waals surface area contributed by atoms with Gasteiger partial charge < -0.3 is 0 Å². The van der Waals surface area contributed by atoms with Crippen LogP contribution in [0.4, 0.5) is 0 Å². The van der Waals surface area contributed by atoms with Gasteiger partial charge in [0.15, 0.2) is 0 Å². The zero-order valence-electron chi connectivity index (χ0n) is 14.7. The van der Waals surface area contributed by atoms with Crippen molar-refractivity contribution < 1.29 is 8.42 Å². The standard InChI is InChI=1S/C17H24ClN3O2S/c1-12(2)24(22,23)20(5)11-16-13(3)19-21(14(16)4)10-15-8-6-7-9-17(15)18/h6-9,12H,10-11H2,1-5H3. The molecule has 0 unspecified atom stereocenters. The summed E-state index contributed by atoms with van der Waals surface area (Å²) in [4.78, 5) is 0. The summed E-state index contributed by atoms with van der Waals surface area (Å²) in [7, 11) is -1.68. The molecular weight excluding hydrogens is 346 g/mol. The number of hydrogen-bond donors (Lipinski definition) is 0. The molecule has 7 heteroatoms. The Hall–Kier alpha value is -1.37. The van der Waals surface area contributed by atoms with Gasteiger partial charge in [-0.25, -0.2) is 12.7 Å². The molecule has 0 atom stereocenters. The van der Waals surface area contributed by atoms with Crippen molar-refractivity contribution in [3.63, 3.8) is 0 Å². The van der Waals surface area contributed by atoms with E-state index in [0.29, 0.717) is 18.1 Å². The lowest BCUT2D eigenvalue weighted by atomic mass is 10.2. The number of sulfonamides is 1. The molecule has 132 valence electrons. The highest BCUT2D eigenvalue weighted by Gasteiger charge is 2.24. The van der Waals surface area contributed by atoms with E-state index in [0.717, 1.165) is 22.5 Å². The van der Waals surface area contributed by atoms with Crippen molar-refractivity contribution in [1.29, 1.82) is 0 Å². The average Bonchev–Trinajstić information content (AvgIpc) is 2.77. The Kier molecular flexibility index (Phi) is 5.73. The van der Waals surface area contributed by atoms with Crippen molar-refractivity contribution in [3.05, 3.63) is 51.8 Å². The zero-order valence-corrected chi connectivity index (χ0v) is 16.3. The molecule has 1 aromatic carbocycles. The molecule has 0 saturated heterocycles. The summed E-state index contributed by atoms with van der Waals surface area (Å²) in [5, 5.41) is 4.82. The van der Waals surface area contributed by atoms with E-state index in [-0.39, 0.29) is 0 Å². The highest BCUT2D eigenvalue weighted by molar-refractivity contribution is 7.89. The SMILES string of the molecule is Cc1nn(Cc2ccccc2Cl)c(C)c1CN(C)S(=O)(=O)C(C)C. The summed E-state index contributed by atoms with van der Waals surface area (Å²) in [5.41, 5.74) is 3.72. The molecule has 2 rings (SSSR count). The van der Waals surface area contributed by atoms with Crippen molar-refractivity contribution in [2.45, 2.75) is 46.0 Å². The molecule has 0 radical (unpaired) electrons. The number of hydrogen-bond acceptors (Lipinski definition) is 3. The second kappa shape index (κ2) is 7.25. The molecule has 0 N–H and O–H groups in total. The number of nitrogens with zero attached hydrogens (tertiary/aromatic N) is 3. The molecule has 24 heavy (non-hydrogen) atoms. The first-order chi connectivity index (χ1) is 11.1. The van der Waals surface area contributed by atoms with Gasteiger partial charge in [-0.1, -0.05) is 29.8 Å². The monoisotopic (exact) mass is 369 g/mol. The Morgan fingerprint density at radius 1 is 1.25 bits per heavy atom. The van der Waals surface area contributed by atoms with E-state index >= 15 is 0 Å². The zero-order chi connectivity index (χ0) is 18.1. The van der Waals surface area contributed by atoms with Crippen LogP contribution in [0.3, 0.4) is 0 Å². The van der Waals surface area contributed by atoms with Gasteiger partial charge in [0.05, 0.1) is 17.5 Å². The first-order valence-corrected chi connectivity index (χ1v) is 9.74. The van der Waals surface area contributed by atoms with Crippen LogP contribution in [0.1, 0.15) is 36.4 Å². The van der Waals surface area contributed by atoms with Crippen LogP contribution in [0, 0.1) is 13.8 Å². The number of halogens is 1. The van der Waals surface area contributed by atoms with Gasteiger partial charge in [0.25, 0.3) is 0 Å². The molecular formula is C17H24ClN3O2S. The van der Waals surface area contributed by atoms with E-state index in [1.807, 2.05) is 42.8 Å². The summed E-state index contributed by atoms with van der Waals surface area (Å²) in [6.45, 7) is 8.12. The van der Waals surface area contributed by atoms with Crippen LogP contribution in [-0.4, -0.2) is 34.8 Å². The van der Waals surface area contributed by atoms with E-state index in [1.165, 1.54) is 4.31 Å². The third-order valence-corrected chi connectivity index (χ3v) is 6.78. The van der Waals surface area contributed by atoms with E-state index in [1.54, 1.807) is 20.9 Å². The molecule has 0 fully saturated rings. The van der Waals surface area contributed by atoms with Crippen LogP contribution in [0.15, 0.2) is 24.3 Å². The molecule has 5 nitrogen and oxygen atoms in total. The predicted octanol–water partition coefficient (Wildman–Crippen LogP) is 3.37. The van der Waals surface area contributed by atoms with Crippen molar-refractivity contribution in [3.8, 4) is 0 Å². The lowest BCUT2D eigenvalue weighted by Gasteiger charge is -2.20. The summed E-state index contributed by atoms with van der Waals surface area (Å²) in [5.74, 6) is 0. The number of benzene rings is 1. The van der Waals surface area contributed by atoms with Gasteiger partial charge in [-0.2, -0.15) is 5.10 Å². The summed E-state index contributed by atoms with van der Waals surface area (Å²) < 4.78 is 27.8. The molecule has 1 heterocycles. The van der Waals surface area contributed by atoms with Gasteiger partial charge in [-0.15, -0.1) is 0 Å². The Morgan fingerprint density at radius 2 is 1.88 bits per heavy atom. The molecule has 0 aliphatic carbocycles. The van der Waals surface area contributed by atoms with Crippen LogP contribution in [0.25, 0.3) is 0 Å². The first kappa shape index (κ1) is 19.0. The van der Waals surface area contributed by atoms with E-state index in [4.69, 9.17) is 11.6 Å². The van der Waals surface area contributed by atoms with Crippen molar-refractivity contribution >= 4 is 21.6 Å². The van der Waals surface area contributed by atoms with Crippen LogP contribution in [0.5, 0.6) is 0 Å². The minimum absolute atomic E-state index is 0.320. The highest BCUT2D eigenvalue weighted by Crippen LogP contribution is 2.21. The van der Waals surface area contributed by atoms with Gasteiger partial charge in [0.1, 0.15) is 0 Å². The first-order valence-electron chi connectivity index (χ1n) is 7.86. The molecule has 2 aromatic rings. The number of aromatic nitrogens is 2. The normalized spacial score (nSPS) is 12.3. The Balaban J connectivity index is 2.28. The van der Waals surface area contributed by atoms with Gasteiger partial charge in [-0.05, 0) is 39.3 Å². The van der Waals surface area contributed by atoms with Gasteiger partial charge in [0.2, 0.25) is 10.0 Å². The lowest BCUT2D eigenvalue weighted by molar-refractivity contribution is 0.458. The highest BCUT2D eigenvalue weighted by atomic mass is 35.5. The Labute approximate surface area is 149 Å². The smallest absolute Gasteiger partial charge is 0.216 e. The fraction of sp³-hybridized carbons (Fsp3) is 0.471. The quantitative estimate of drug-likeness (QED) is 0.784. The summed E-state index contributed by atoms with van der Waals surface area (Å²) >= 11 is 6.22. The number of aryl methyl sites for hydroxylation is 1. The Morgan fingerprint density at radius 3 is 2.46 bits per heavy atom. The average molecular weight is 370 g/mol. The molecule has 0 amide bonds. The van der Waals surface area contributed by atoms with Crippen LogP contribution in [-0.2, 0) is 23.1 Å². The van der Waals surface area contributed by atoms with Gasteiger partial charge in [-0.3, -0.25) is 4.68 Å². The maximum Gasteiger partial charge on any atom is 0.216 e. The van der Waals surface area contributed by atoms with Crippen molar-refractivity contribution in [2.24, 2.45) is 0 Å². The minimum atomic E-state index is -3.29. The van der Waals surface area contributed by atoms with Crippen molar-refractivity contribution in [2.75, 3.05) is 7.05 Å². The largest absolute Gasteiger partial charge is 0.265 e. The Bertz CT molecular complexity index is 828. The second-order valence-corrected chi connectivity index (χ2v) is 9.25. The minimum Gasteiger partial charge on any atom is -0.265 e. The maximum atomic E-state index is 12.3. The fourth-order valence-corrected chi connectivity index (χ4v) is 3.80. The molecule has 0 bridgehead atoms. The van der Waals surface area contributed by atoms with Crippen molar-refractivity contribution in [1.82, 2.24) is 14.1 Å². The fourth-order valence-electron chi connectivity index (χ4n) is 2.58. The van der Waals surface area contributed by atoms with E-state index < -0.39 is 15.3 Å². The van der Waals surface area contributed by atoms with E-state index in [2.05, 4.69) is 5.10 Å². The third kappa shape index (κ3) is 3.82. The molecule has 0 saturated carbocycles. The molecule has 0 aliphatic heterocycles. The predicted molar refractivity (Wildman–Crippen MR) is 97.8 cm³/mol. The van der Waals surface area contributed by atoms with Crippen LogP contribution >= 0.6 is 11.6 Å². The van der Waals surface area contributed by atoms with Crippen LogP contribution in [0.2, 0.25) is 5.02 Å². The van der Waals surface area contributed by atoms with Crippen LogP contribution < -0.4 is 0 Å². The molecule has 1 aromatic heterocycles. The topological polar surface area (TPSA) is 55.2 Å². The summed E-state index contributed by atoms with van der Waals surface area (Å²) in [6, 6.07) is 7.65. The van der Waals surface area contributed by atoms with Gasteiger partial charge in [0, 0.05) is 29.9 Å². The van der Waals surface area contributed by atoms with E-state index in [9.17, 15) is 8.42 Å². The number of rotatable bonds is 6. The molecule has 0 spiro atoms. The summed E-state index contributed by atoms with van der Waals surface area (Å²) in [6.07, 6.45) is 0. The lowest BCUT2D eigenvalue weighted by Crippen LogP contribution is -2.32. The maximum absolute atomic E-state index is 12.3. The second-order valence-electron chi connectivity index (χ2n) is 6.25. The third-order valence-electron chi connectivity index (χ3n) is 4.22. The molecule has 0 aliphatic rings. The van der Waals surface area contributed by atoms with Gasteiger partial charge >= 0.3 is 0 Å².